The average molecular weight is 589 g/mol. The second-order valence-electron chi connectivity index (χ2n) is 11.7. The summed E-state index contributed by atoms with van der Waals surface area (Å²) >= 11 is 0. The smallest absolute Gasteiger partial charge is 0.270 e. The number of hydrogen-bond acceptors (Lipinski definition) is 5. The van der Waals surface area contributed by atoms with Crippen LogP contribution >= 0.6 is 0 Å². The zero-order chi connectivity index (χ0) is 30.8. The summed E-state index contributed by atoms with van der Waals surface area (Å²) in [4.78, 5) is 63.2. The Balaban J connectivity index is 1.54. The van der Waals surface area contributed by atoms with Gasteiger partial charge in [-0.05, 0) is 64.0 Å². The summed E-state index contributed by atoms with van der Waals surface area (Å²) in [5.41, 5.74) is 0.431. The SMILES string of the molecule is CCN(C)CCCN(C)C(=O)[C@@H]1CC[C@@H]2CCN(C(C)=O)CC(NC(=O)c3cc4cc(C(C)(F)F)ccc4[nH]3)C(=O)N21. The third kappa shape index (κ3) is 6.91. The molecule has 0 aliphatic carbocycles. The van der Waals surface area contributed by atoms with E-state index in [1.165, 1.54) is 31.2 Å². The molecule has 12 heteroatoms. The van der Waals surface area contributed by atoms with Gasteiger partial charge < -0.3 is 29.9 Å². The van der Waals surface area contributed by atoms with Crippen LogP contribution in [0.5, 0.6) is 0 Å². The van der Waals surface area contributed by atoms with Crippen LogP contribution in [0.1, 0.15) is 62.5 Å². The van der Waals surface area contributed by atoms with Crippen molar-refractivity contribution in [3.8, 4) is 0 Å². The number of nitrogens with one attached hydrogen (secondary N) is 2. The summed E-state index contributed by atoms with van der Waals surface area (Å²) in [5, 5.41) is 3.20. The maximum atomic E-state index is 14.0. The zero-order valence-electron chi connectivity index (χ0n) is 25.1. The molecule has 2 saturated heterocycles. The van der Waals surface area contributed by atoms with E-state index in [2.05, 4.69) is 22.1 Å². The van der Waals surface area contributed by atoms with Gasteiger partial charge in [0.25, 0.3) is 11.8 Å². The highest BCUT2D eigenvalue weighted by Crippen LogP contribution is 2.31. The Morgan fingerprint density at radius 2 is 1.86 bits per heavy atom. The number of benzene rings is 1. The highest BCUT2D eigenvalue weighted by molar-refractivity contribution is 6.01. The third-order valence-corrected chi connectivity index (χ3v) is 8.55. The van der Waals surface area contributed by atoms with E-state index in [1.807, 2.05) is 7.05 Å². The van der Waals surface area contributed by atoms with Crippen LogP contribution in [0.15, 0.2) is 24.3 Å². The Kier molecular flexibility index (Phi) is 9.54. The topological polar surface area (TPSA) is 109 Å². The van der Waals surface area contributed by atoms with Crippen LogP contribution in [-0.2, 0) is 20.3 Å². The molecule has 1 aromatic carbocycles. The molecule has 0 spiro atoms. The van der Waals surface area contributed by atoms with Crippen LogP contribution in [0, 0.1) is 0 Å². The number of aromatic nitrogens is 1. The molecule has 1 aromatic heterocycles. The number of aromatic amines is 1. The molecule has 2 aromatic rings. The van der Waals surface area contributed by atoms with E-state index < -0.39 is 29.8 Å². The van der Waals surface area contributed by atoms with E-state index in [1.54, 1.807) is 21.7 Å². The Labute approximate surface area is 245 Å². The van der Waals surface area contributed by atoms with Crippen LogP contribution in [0.25, 0.3) is 10.9 Å². The maximum absolute atomic E-state index is 14.0. The van der Waals surface area contributed by atoms with Gasteiger partial charge in [0.05, 0.1) is 0 Å². The first-order chi connectivity index (χ1) is 19.8. The van der Waals surface area contributed by atoms with Crippen molar-refractivity contribution < 1.29 is 28.0 Å². The van der Waals surface area contributed by atoms with Crippen molar-refractivity contribution in [2.75, 3.05) is 46.8 Å². The predicted octanol–water partition coefficient (Wildman–Crippen LogP) is 2.79. The lowest BCUT2D eigenvalue weighted by Crippen LogP contribution is -2.61. The van der Waals surface area contributed by atoms with Gasteiger partial charge in [0.2, 0.25) is 17.7 Å². The molecule has 3 atom stereocenters. The predicted molar refractivity (Wildman–Crippen MR) is 155 cm³/mol. The molecule has 1 unspecified atom stereocenters. The second-order valence-corrected chi connectivity index (χ2v) is 11.7. The quantitative estimate of drug-likeness (QED) is 0.469. The second kappa shape index (κ2) is 12.8. The lowest BCUT2D eigenvalue weighted by Gasteiger charge is -2.39. The summed E-state index contributed by atoms with van der Waals surface area (Å²) in [6.45, 7) is 7.02. The molecule has 230 valence electrons. The number of halogens is 2. The van der Waals surface area contributed by atoms with Gasteiger partial charge in [-0.3, -0.25) is 19.2 Å². The van der Waals surface area contributed by atoms with E-state index in [-0.39, 0.29) is 35.7 Å². The summed E-state index contributed by atoms with van der Waals surface area (Å²) < 4.78 is 27.7. The number of fused-ring (bicyclic) bond motifs is 2. The summed E-state index contributed by atoms with van der Waals surface area (Å²) in [7, 11) is 3.78. The molecule has 4 rings (SSSR count). The number of alkyl halides is 2. The van der Waals surface area contributed by atoms with E-state index in [0.717, 1.165) is 26.4 Å². The van der Waals surface area contributed by atoms with Gasteiger partial charge in [0.15, 0.2) is 0 Å². The number of carbonyl (C=O) groups excluding carboxylic acids is 4. The molecule has 3 heterocycles. The van der Waals surface area contributed by atoms with Gasteiger partial charge >= 0.3 is 0 Å². The molecule has 4 amide bonds. The molecule has 10 nitrogen and oxygen atoms in total. The summed E-state index contributed by atoms with van der Waals surface area (Å²) in [6.07, 6.45) is 2.51. The van der Waals surface area contributed by atoms with Crippen LogP contribution in [0.4, 0.5) is 8.78 Å². The Bertz CT molecular complexity index is 1320. The number of H-pyrrole nitrogens is 1. The summed E-state index contributed by atoms with van der Waals surface area (Å²) in [5.74, 6) is -4.38. The highest BCUT2D eigenvalue weighted by atomic mass is 19.3. The number of carbonyl (C=O) groups is 4. The van der Waals surface area contributed by atoms with Crippen molar-refractivity contribution in [1.29, 1.82) is 0 Å². The first-order valence-electron chi connectivity index (χ1n) is 14.6. The number of hydrogen-bond donors (Lipinski definition) is 2. The van der Waals surface area contributed by atoms with Gasteiger partial charge in [-0.2, -0.15) is 0 Å². The monoisotopic (exact) mass is 588 g/mol. The normalized spacial score (nSPS) is 21.3. The first-order valence-corrected chi connectivity index (χ1v) is 14.6. The van der Waals surface area contributed by atoms with Gasteiger partial charge in [-0.1, -0.05) is 13.0 Å². The minimum absolute atomic E-state index is 0.0321. The van der Waals surface area contributed by atoms with E-state index in [0.29, 0.717) is 43.3 Å². The van der Waals surface area contributed by atoms with Crippen molar-refractivity contribution >= 4 is 34.5 Å². The maximum Gasteiger partial charge on any atom is 0.270 e. The molecule has 2 aliphatic heterocycles. The van der Waals surface area contributed by atoms with E-state index in [9.17, 15) is 28.0 Å². The van der Waals surface area contributed by atoms with Gasteiger partial charge in [0.1, 0.15) is 17.8 Å². The Morgan fingerprint density at radius 1 is 1.12 bits per heavy atom. The van der Waals surface area contributed by atoms with Crippen LogP contribution in [0.3, 0.4) is 0 Å². The average Bonchev–Trinajstić information content (AvgIpc) is 3.56. The molecule has 42 heavy (non-hydrogen) atoms. The molecular formula is C30H42F2N6O4. The summed E-state index contributed by atoms with van der Waals surface area (Å²) in [6, 6.07) is 3.63. The minimum Gasteiger partial charge on any atom is -0.351 e. The molecule has 0 saturated carbocycles. The third-order valence-electron chi connectivity index (χ3n) is 8.55. The van der Waals surface area contributed by atoms with E-state index in [4.69, 9.17) is 0 Å². The fourth-order valence-corrected chi connectivity index (χ4v) is 5.87. The highest BCUT2D eigenvalue weighted by Gasteiger charge is 2.46. The molecule has 0 radical (unpaired) electrons. The lowest BCUT2D eigenvalue weighted by molar-refractivity contribution is -0.148. The van der Waals surface area contributed by atoms with Gasteiger partial charge in [0, 0.05) is 63.0 Å². The minimum atomic E-state index is -3.03. The molecular weight excluding hydrogens is 546 g/mol. The number of amides is 4. The van der Waals surface area contributed by atoms with Crippen LogP contribution in [-0.4, -0.2) is 113 Å². The van der Waals surface area contributed by atoms with Gasteiger partial charge in [-0.25, -0.2) is 8.78 Å². The lowest BCUT2D eigenvalue weighted by atomic mass is 10.1. The number of nitrogens with zero attached hydrogens (tertiary/aromatic N) is 4. The van der Waals surface area contributed by atoms with Crippen molar-refractivity contribution in [1.82, 2.24) is 29.9 Å². The standard InChI is InChI=1S/C30H42F2N6O4/c1-6-35(4)13-7-14-36(5)29(42)26-11-9-22-12-15-37(19(2)39)18-25(28(41)38(22)26)34-27(40)24-17-20-16-21(30(3,31)32)8-10-23(20)33-24/h8,10,16-17,22,25-26,33H,6-7,9,11-15,18H2,1-5H3,(H,34,40)/t22-,25?,26+/m1/s1. The Hall–Kier alpha value is -3.54. The van der Waals surface area contributed by atoms with Crippen molar-refractivity contribution in [3.63, 3.8) is 0 Å². The molecule has 2 fully saturated rings. The van der Waals surface area contributed by atoms with Crippen LogP contribution < -0.4 is 5.32 Å². The van der Waals surface area contributed by atoms with Gasteiger partial charge in [-0.15, -0.1) is 0 Å². The van der Waals surface area contributed by atoms with Crippen molar-refractivity contribution in [2.45, 2.75) is 70.5 Å². The molecule has 2 aliphatic rings. The molecule has 0 bridgehead atoms. The van der Waals surface area contributed by atoms with Crippen molar-refractivity contribution in [3.05, 3.63) is 35.5 Å². The molecule has 2 N–H and O–H groups in total. The fourth-order valence-electron chi connectivity index (χ4n) is 5.87. The largest absolute Gasteiger partial charge is 0.351 e. The van der Waals surface area contributed by atoms with E-state index >= 15 is 0 Å². The number of rotatable bonds is 9. The van der Waals surface area contributed by atoms with Crippen molar-refractivity contribution in [2.24, 2.45) is 0 Å². The van der Waals surface area contributed by atoms with Crippen LogP contribution in [0.2, 0.25) is 0 Å². The zero-order valence-corrected chi connectivity index (χ0v) is 25.1. The first kappa shape index (κ1) is 31.4. The fraction of sp³-hybridized carbons (Fsp3) is 0.600. The number of likely N-dealkylation sites (N-methyl/N-ethyl adjacent to an activating group) is 1. The Morgan fingerprint density at radius 3 is 2.52 bits per heavy atom.